The number of halogens is 1. The fourth-order valence-electron chi connectivity index (χ4n) is 1.53. The van der Waals surface area contributed by atoms with Gasteiger partial charge in [0.1, 0.15) is 10.8 Å². The zero-order valence-corrected chi connectivity index (χ0v) is 9.94. The molecule has 0 amide bonds. The largest absolute Gasteiger partial charge is 0.334 e. The number of H-pyrrole nitrogens is 1. The molecule has 0 fully saturated rings. The first-order valence-corrected chi connectivity index (χ1v) is 5.49. The molecule has 2 aromatic rings. The number of hydrogen-bond acceptors (Lipinski definition) is 3. The summed E-state index contributed by atoms with van der Waals surface area (Å²) in [7, 11) is 0. The Morgan fingerprint density at radius 1 is 1.41 bits per heavy atom. The molecule has 2 heterocycles. The van der Waals surface area contributed by atoms with Gasteiger partial charge in [-0.25, -0.2) is 9.78 Å². The van der Waals surface area contributed by atoms with Gasteiger partial charge in [-0.05, 0) is 6.92 Å². The Bertz CT molecular complexity index is 640. The van der Waals surface area contributed by atoms with E-state index in [1.807, 2.05) is 17.7 Å². The lowest BCUT2D eigenvalue weighted by molar-refractivity contribution is 0.626. The van der Waals surface area contributed by atoms with Crippen molar-refractivity contribution in [1.29, 1.82) is 0 Å². The van der Waals surface area contributed by atoms with Gasteiger partial charge in [0.15, 0.2) is 0 Å². The summed E-state index contributed by atoms with van der Waals surface area (Å²) in [5.41, 5.74) is -1.07. The molecule has 90 valence electrons. The van der Waals surface area contributed by atoms with Gasteiger partial charge in [-0.2, -0.15) is 0 Å². The summed E-state index contributed by atoms with van der Waals surface area (Å²) >= 11 is 5.67. The number of nitrogens with zero attached hydrogens (tertiary/aromatic N) is 3. The predicted molar refractivity (Wildman–Crippen MR) is 63.3 cm³/mol. The van der Waals surface area contributed by atoms with Crippen LogP contribution in [0.15, 0.2) is 28.2 Å². The smallest absolute Gasteiger partial charge is 0.328 e. The van der Waals surface area contributed by atoms with Crippen molar-refractivity contribution in [3.8, 4) is 0 Å². The van der Waals surface area contributed by atoms with E-state index in [4.69, 9.17) is 11.6 Å². The van der Waals surface area contributed by atoms with Crippen LogP contribution in [0.4, 0.5) is 0 Å². The summed E-state index contributed by atoms with van der Waals surface area (Å²) in [4.78, 5) is 28.9. The Morgan fingerprint density at radius 2 is 2.18 bits per heavy atom. The monoisotopic (exact) mass is 254 g/mol. The van der Waals surface area contributed by atoms with Crippen molar-refractivity contribution >= 4 is 11.6 Å². The highest BCUT2D eigenvalue weighted by atomic mass is 35.5. The zero-order valence-electron chi connectivity index (χ0n) is 9.18. The summed E-state index contributed by atoms with van der Waals surface area (Å²) in [6.07, 6.45) is 4.81. The van der Waals surface area contributed by atoms with Crippen molar-refractivity contribution in [3.63, 3.8) is 0 Å². The van der Waals surface area contributed by atoms with Crippen LogP contribution in [0.5, 0.6) is 0 Å². The van der Waals surface area contributed by atoms with Gasteiger partial charge < -0.3 is 4.57 Å². The Kier molecular flexibility index (Phi) is 3.14. The first kappa shape index (κ1) is 11.7. The molecule has 0 bridgehead atoms. The minimum Gasteiger partial charge on any atom is -0.334 e. The van der Waals surface area contributed by atoms with Crippen LogP contribution in [0.1, 0.15) is 12.7 Å². The lowest BCUT2D eigenvalue weighted by atomic mass is 10.5. The van der Waals surface area contributed by atoms with E-state index in [9.17, 15) is 9.59 Å². The quantitative estimate of drug-likeness (QED) is 0.865. The van der Waals surface area contributed by atoms with Crippen LogP contribution in [-0.2, 0) is 13.1 Å². The second-order valence-corrected chi connectivity index (χ2v) is 3.90. The molecule has 1 N–H and O–H groups in total. The fourth-order valence-corrected chi connectivity index (χ4v) is 1.70. The lowest BCUT2D eigenvalue weighted by Gasteiger charge is -2.06. The van der Waals surface area contributed by atoms with Gasteiger partial charge in [0.2, 0.25) is 0 Å². The van der Waals surface area contributed by atoms with Crippen molar-refractivity contribution in [2.75, 3.05) is 0 Å². The van der Waals surface area contributed by atoms with E-state index < -0.39 is 11.2 Å². The van der Waals surface area contributed by atoms with Crippen molar-refractivity contribution in [3.05, 3.63) is 50.3 Å². The van der Waals surface area contributed by atoms with Gasteiger partial charge in [0.05, 0.1) is 6.54 Å². The number of rotatable bonds is 3. The van der Waals surface area contributed by atoms with E-state index in [-0.39, 0.29) is 11.6 Å². The van der Waals surface area contributed by atoms with E-state index in [2.05, 4.69) is 9.97 Å². The fraction of sp³-hybridized carbons (Fsp3) is 0.300. The van der Waals surface area contributed by atoms with E-state index >= 15 is 0 Å². The third-order valence-electron chi connectivity index (χ3n) is 2.42. The minimum atomic E-state index is -0.577. The molecule has 17 heavy (non-hydrogen) atoms. The highest BCUT2D eigenvalue weighted by molar-refractivity contribution is 6.30. The molecule has 0 spiro atoms. The Balaban J connectivity index is 2.40. The molecule has 0 aliphatic rings. The number of aryl methyl sites for hydroxylation is 1. The Morgan fingerprint density at radius 3 is 2.88 bits per heavy atom. The van der Waals surface area contributed by atoms with Gasteiger partial charge in [-0.1, -0.05) is 11.6 Å². The molecule has 0 aliphatic carbocycles. The van der Waals surface area contributed by atoms with Crippen LogP contribution in [0.3, 0.4) is 0 Å². The van der Waals surface area contributed by atoms with Gasteiger partial charge in [0, 0.05) is 25.1 Å². The minimum absolute atomic E-state index is 0.0146. The first-order valence-electron chi connectivity index (χ1n) is 5.11. The molecule has 0 saturated carbocycles. The molecule has 0 unspecified atom stereocenters. The van der Waals surface area contributed by atoms with Crippen LogP contribution in [0.25, 0.3) is 0 Å². The standard InChI is InChI=1S/C10H11ClN4O2/c1-2-14-4-3-12-8(14)6-15-5-7(11)9(16)13-10(15)17/h3-5H,2,6H2,1H3,(H,13,16,17). The summed E-state index contributed by atoms with van der Waals surface area (Å²) in [6.45, 7) is 3.02. The first-order chi connectivity index (χ1) is 8.11. The highest BCUT2D eigenvalue weighted by Gasteiger charge is 2.06. The molecule has 0 atom stereocenters. The molecule has 2 rings (SSSR count). The van der Waals surface area contributed by atoms with Crippen LogP contribution in [0.2, 0.25) is 5.02 Å². The molecule has 0 saturated heterocycles. The highest BCUT2D eigenvalue weighted by Crippen LogP contribution is 2.01. The molecule has 0 aliphatic heterocycles. The summed E-state index contributed by atoms with van der Waals surface area (Å²) in [5, 5.41) is -0.0146. The molecule has 6 nitrogen and oxygen atoms in total. The summed E-state index contributed by atoms with van der Waals surface area (Å²) in [6, 6.07) is 0. The van der Waals surface area contributed by atoms with Crippen molar-refractivity contribution in [2.45, 2.75) is 20.0 Å². The maximum atomic E-state index is 11.5. The van der Waals surface area contributed by atoms with Crippen molar-refractivity contribution < 1.29 is 0 Å². The topological polar surface area (TPSA) is 72.7 Å². The Labute approximate surface area is 101 Å². The van der Waals surface area contributed by atoms with Crippen molar-refractivity contribution in [2.24, 2.45) is 0 Å². The predicted octanol–water partition coefficient (Wildman–Crippen LogP) is 0.455. The average molecular weight is 255 g/mol. The van der Waals surface area contributed by atoms with E-state index in [0.717, 1.165) is 12.4 Å². The molecular formula is C10H11ClN4O2. The molecule has 0 radical (unpaired) electrons. The summed E-state index contributed by atoms with van der Waals surface area (Å²) < 4.78 is 3.23. The summed E-state index contributed by atoms with van der Waals surface area (Å²) in [5.74, 6) is 0.734. The van der Waals surface area contributed by atoms with Crippen LogP contribution in [0, 0.1) is 0 Å². The number of aromatic nitrogens is 4. The molecule has 7 heteroatoms. The van der Waals surface area contributed by atoms with E-state index in [0.29, 0.717) is 0 Å². The second kappa shape index (κ2) is 4.58. The third-order valence-corrected chi connectivity index (χ3v) is 2.69. The van der Waals surface area contributed by atoms with Crippen molar-refractivity contribution in [1.82, 2.24) is 19.1 Å². The SMILES string of the molecule is CCn1ccnc1Cn1cc(Cl)c(=O)[nH]c1=O. The van der Waals surface area contributed by atoms with E-state index in [1.165, 1.54) is 10.8 Å². The zero-order chi connectivity index (χ0) is 12.4. The maximum absolute atomic E-state index is 11.5. The maximum Gasteiger partial charge on any atom is 0.328 e. The number of nitrogens with one attached hydrogen (secondary N) is 1. The van der Waals surface area contributed by atoms with Gasteiger partial charge >= 0.3 is 5.69 Å². The van der Waals surface area contributed by atoms with Gasteiger partial charge in [0.25, 0.3) is 5.56 Å². The van der Waals surface area contributed by atoms with Crippen LogP contribution < -0.4 is 11.2 Å². The van der Waals surface area contributed by atoms with Gasteiger partial charge in [-0.15, -0.1) is 0 Å². The number of imidazole rings is 1. The van der Waals surface area contributed by atoms with Crippen LogP contribution >= 0.6 is 11.6 Å². The second-order valence-electron chi connectivity index (χ2n) is 3.49. The van der Waals surface area contributed by atoms with Crippen LogP contribution in [-0.4, -0.2) is 19.1 Å². The normalized spacial score (nSPS) is 10.7. The lowest BCUT2D eigenvalue weighted by Crippen LogP contribution is -2.30. The number of hydrogen-bond donors (Lipinski definition) is 1. The Hall–Kier alpha value is -1.82. The van der Waals surface area contributed by atoms with Gasteiger partial charge in [-0.3, -0.25) is 14.3 Å². The average Bonchev–Trinajstić information content (AvgIpc) is 2.73. The molecule has 2 aromatic heterocycles. The number of aromatic amines is 1. The molecule has 0 aromatic carbocycles. The van der Waals surface area contributed by atoms with E-state index in [1.54, 1.807) is 6.20 Å². The third kappa shape index (κ3) is 2.31. The molecular weight excluding hydrogens is 244 g/mol.